The summed E-state index contributed by atoms with van der Waals surface area (Å²) in [4.78, 5) is 62.6. The molecule has 13 heteroatoms. The summed E-state index contributed by atoms with van der Waals surface area (Å²) in [5, 5.41) is 1.08. The number of nitrogens with one attached hydrogen (secondary N) is 1. The van der Waals surface area contributed by atoms with Gasteiger partial charge in [-0.2, -0.15) is 0 Å². The number of esters is 1. The SMILES string of the molecule is C=C[C@H]1C[C@]1(CC(=O)[C@@H]1C[C@@H]2CN1C(=O)[C@H](C1CCCCC1)CC(=O)OCC(C)CCCc1cc3c(nccc3cc1OC)O2)C(=O)NS(=O)(=O)C1CC1. The first-order valence-electron chi connectivity index (χ1n) is 19.7. The minimum absolute atomic E-state index is 0.0380. The van der Waals surface area contributed by atoms with Crippen molar-refractivity contribution in [3.05, 3.63) is 42.6 Å². The van der Waals surface area contributed by atoms with Crippen molar-refractivity contribution >= 4 is 44.4 Å². The summed E-state index contributed by atoms with van der Waals surface area (Å²) in [6.07, 6.45) is 10.8. The molecule has 1 unspecified atom stereocenters. The number of nitrogens with zero attached hydrogens (tertiary/aromatic N) is 2. The molecular formula is C41H53N3O9S. The van der Waals surface area contributed by atoms with E-state index in [1.54, 1.807) is 24.3 Å². The topological polar surface area (TPSA) is 158 Å². The lowest BCUT2D eigenvalue weighted by Crippen LogP contribution is -2.48. The molecule has 1 N–H and O–H groups in total. The molecule has 3 heterocycles. The lowest BCUT2D eigenvalue weighted by atomic mass is 9.77. The van der Waals surface area contributed by atoms with Crippen molar-refractivity contribution in [2.45, 2.75) is 114 Å². The van der Waals surface area contributed by atoms with Crippen LogP contribution in [0.4, 0.5) is 0 Å². The van der Waals surface area contributed by atoms with E-state index >= 15 is 0 Å². The van der Waals surface area contributed by atoms with E-state index < -0.39 is 50.6 Å². The Balaban J connectivity index is 1.23. The Morgan fingerprint density at radius 2 is 1.89 bits per heavy atom. The predicted molar refractivity (Wildman–Crippen MR) is 201 cm³/mol. The summed E-state index contributed by atoms with van der Waals surface area (Å²) in [5.41, 5.74) is -0.273. The largest absolute Gasteiger partial charge is 0.496 e. The number of methoxy groups -OCH3 is 1. The molecule has 4 fully saturated rings. The molecule has 1 aromatic heterocycles. The van der Waals surface area contributed by atoms with Crippen LogP contribution in [0.5, 0.6) is 11.6 Å². The van der Waals surface area contributed by atoms with Gasteiger partial charge in [0.1, 0.15) is 11.9 Å². The molecule has 54 heavy (non-hydrogen) atoms. The molecule has 7 rings (SSSR count). The van der Waals surface area contributed by atoms with Gasteiger partial charge in [0.15, 0.2) is 5.78 Å². The van der Waals surface area contributed by atoms with Crippen molar-refractivity contribution in [2.24, 2.45) is 29.1 Å². The number of amides is 2. The molecule has 4 bridgehead atoms. The maximum atomic E-state index is 14.8. The van der Waals surface area contributed by atoms with E-state index in [1.807, 2.05) is 18.2 Å². The smallest absolute Gasteiger partial charge is 0.306 e. The number of hydrogen-bond acceptors (Lipinski definition) is 10. The number of ketones is 1. The molecule has 1 saturated heterocycles. The van der Waals surface area contributed by atoms with Gasteiger partial charge in [0.25, 0.3) is 0 Å². The number of rotatable bonds is 9. The third-order valence-electron chi connectivity index (χ3n) is 12.5. The van der Waals surface area contributed by atoms with Crippen molar-refractivity contribution in [1.82, 2.24) is 14.6 Å². The molecule has 1 aromatic carbocycles. The van der Waals surface area contributed by atoms with Crippen LogP contribution in [0.25, 0.3) is 10.8 Å². The third kappa shape index (κ3) is 8.02. The highest BCUT2D eigenvalue weighted by Crippen LogP contribution is 2.57. The van der Waals surface area contributed by atoms with Gasteiger partial charge in [0.05, 0.1) is 49.3 Å². The Hall–Kier alpha value is -4.00. The molecule has 0 spiro atoms. The number of carbonyl (C=O) groups excluding carboxylic acids is 4. The predicted octanol–water partition coefficient (Wildman–Crippen LogP) is 5.45. The Labute approximate surface area is 317 Å². The Morgan fingerprint density at radius 1 is 1.11 bits per heavy atom. The fraction of sp³-hybridized carbons (Fsp3) is 0.634. The zero-order chi connectivity index (χ0) is 38.2. The molecule has 292 valence electrons. The summed E-state index contributed by atoms with van der Waals surface area (Å²) in [6, 6.07) is 4.94. The number of Topliss-reactive ketones (excluding diaryl/α,β-unsaturated/α-hetero) is 1. The van der Waals surface area contributed by atoms with Gasteiger partial charge >= 0.3 is 5.97 Å². The zero-order valence-corrected chi connectivity index (χ0v) is 32.2. The molecule has 0 radical (unpaired) electrons. The van der Waals surface area contributed by atoms with E-state index in [9.17, 15) is 27.6 Å². The van der Waals surface area contributed by atoms with Gasteiger partial charge in [0, 0.05) is 24.4 Å². The van der Waals surface area contributed by atoms with Crippen LogP contribution in [0, 0.1) is 29.1 Å². The third-order valence-corrected chi connectivity index (χ3v) is 14.3. The number of aromatic nitrogens is 1. The Bertz CT molecular complexity index is 1910. The first-order valence-corrected chi connectivity index (χ1v) is 21.3. The highest BCUT2D eigenvalue weighted by atomic mass is 32.2. The van der Waals surface area contributed by atoms with Gasteiger partial charge in [-0.05, 0) is 98.3 Å². The summed E-state index contributed by atoms with van der Waals surface area (Å²) < 4.78 is 46.0. The zero-order valence-electron chi connectivity index (χ0n) is 31.4. The van der Waals surface area contributed by atoms with Crippen LogP contribution in [0.2, 0.25) is 0 Å². The van der Waals surface area contributed by atoms with Crippen molar-refractivity contribution in [2.75, 3.05) is 20.3 Å². The molecule has 2 aliphatic heterocycles. The Morgan fingerprint density at radius 3 is 2.59 bits per heavy atom. The van der Waals surface area contributed by atoms with Gasteiger partial charge < -0.3 is 19.1 Å². The van der Waals surface area contributed by atoms with Crippen molar-refractivity contribution < 1.29 is 41.8 Å². The number of cyclic esters (lactones) is 1. The normalized spacial score (nSPS) is 29.8. The number of carbonyl (C=O) groups is 4. The summed E-state index contributed by atoms with van der Waals surface area (Å²) >= 11 is 0. The lowest BCUT2D eigenvalue weighted by Gasteiger charge is -2.34. The maximum absolute atomic E-state index is 14.8. The fourth-order valence-electron chi connectivity index (χ4n) is 9.00. The van der Waals surface area contributed by atoms with Gasteiger partial charge in [-0.25, -0.2) is 13.4 Å². The molecule has 3 aliphatic carbocycles. The first-order chi connectivity index (χ1) is 25.9. The number of aryl methyl sites for hydroxylation is 1. The first kappa shape index (κ1) is 38.3. The van der Waals surface area contributed by atoms with Crippen LogP contribution in [0.1, 0.15) is 96.0 Å². The molecule has 5 aliphatic rings. The van der Waals surface area contributed by atoms with Crippen LogP contribution >= 0.6 is 0 Å². The second-order valence-corrected chi connectivity index (χ2v) is 18.4. The van der Waals surface area contributed by atoms with Crippen molar-refractivity contribution in [3.63, 3.8) is 0 Å². The quantitative estimate of drug-likeness (QED) is 0.257. The molecular weight excluding hydrogens is 711 g/mol. The molecule has 6 atom stereocenters. The fourth-order valence-corrected chi connectivity index (χ4v) is 10.4. The number of sulfonamides is 1. The van der Waals surface area contributed by atoms with E-state index in [0.29, 0.717) is 18.7 Å². The van der Waals surface area contributed by atoms with E-state index in [-0.39, 0.29) is 68.3 Å². The molecule has 2 amide bonds. The van der Waals surface area contributed by atoms with Crippen LogP contribution in [0.15, 0.2) is 37.1 Å². The van der Waals surface area contributed by atoms with E-state index in [2.05, 4.69) is 23.2 Å². The second kappa shape index (κ2) is 15.6. The average molecular weight is 764 g/mol. The van der Waals surface area contributed by atoms with Crippen molar-refractivity contribution in [3.8, 4) is 11.6 Å². The van der Waals surface area contributed by atoms with Gasteiger partial charge in [-0.1, -0.05) is 32.3 Å². The standard InChI is InChI=1S/C41H53N3O9S/c1-4-29-21-41(29,40(48)43-54(49,50)31-13-14-31)22-35(45)34-19-30-23-44(34)39(47)33(26-10-6-5-7-11-26)20-37(46)52-24-25(2)9-8-12-28-17-32-27(18-36(28)51-3)15-16-42-38(32)53-30/h4,15-18,25-26,29-31,33-34H,1,5-14,19-24H2,2-3H3,(H,43,48)/t25?,29-,30+,33-,34-,41+/m0/s1. The highest BCUT2D eigenvalue weighted by Gasteiger charge is 2.61. The summed E-state index contributed by atoms with van der Waals surface area (Å²) in [6.45, 7) is 6.24. The van der Waals surface area contributed by atoms with Crippen LogP contribution < -0.4 is 14.2 Å². The minimum Gasteiger partial charge on any atom is -0.496 e. The summed E-state index contributed by atoms with van der Waals surface area (Å²) in [5.74, 6) is -1.60. The number of hydrogen-bond donors (Lipinski definition) is 1. The van der Waals surface area contributed by atoms with Crippen molar-refractivity contribution in [1.29, 1.82) is 0 Å². The maximum Gasteiger partial charge on any atom is 0.306 e. The average Bonchev–Trinajstić information content (AvgIpc) is 4.09. The number of fused-ring (bicyclic) bond motifs is 3. The highest BCUT2D eigenvalue weighted by molar-refractivity contribution is 7.90. The van der Waals surface area contributed by atoms with Crippen LogP contribution in [-0.4, -0.2) is 79.5 Å². The monoisotopic (exact) mass is 763 g/mol. The molecule has 2 aromatic rings. The number of benzene rings is 1. The number of ether oxygens (including phenoxy) is 3. The number of pyridine rings is 1. The van der Waals surface area contributed by atoms with Gasteiger partial charge in [-0.15, -0.1) is 6.58 Å². The lowest BCUT2D eigenvalue weighted by molar-refractivity contribution is -0.153. The Kier molecular flexibility index (Phi) is 11.1. The summed E-state index contributed by atoms with van der Waals surface area (Å²) in [7, 11) is -2.20. The van der Waals surface area contributed by atoms with Crippen LogP contribution in [-0.2, 0) is 40.4 Å². The van der Waals surface area contributed by atoms with Gasteiger partial charge in [-0.3, -0.25) is 23.9 Å². The number of allylic oxidation sites excluding steroid dienone is 1. The van der Waals surface area contributed by atoms with E-state index in [4.69, 9.17) is 14.2 Å². The molecule has 12 nitrogen and oxygen atoms in total. The van der Waals surface area contributed by atoms with E-state index in [0.717, 1.165) is 73.5 Å². The second-order valence-electron chi connectivity index (χ2n) is 16.4. The van der Waals surface area contributed by atoms with Crippen LogP contribution in [0.3, 0.4) is 0 Å². The minimum atomic E-state index is -3.84. The van der Waals surface area contributed by atoms with Gasteiger partial charge in [0.2, 0.25) is 27.7 Å². The molecule has 3 saturated carbocycles. The van der Waals surface area contributed by atoms with E-state index in [1.165, 1.54) is 0 Å².